The summed E-state index contributed by atoms with van der Waals surface area (Å²) in [6.45, 7) is 0. The summed E-state index contributed by atoms with van der Waals surface area (Å²) in [5.41, 5.74) is 9.07. The number of hydrogen-bond acceptors (Lipinski definition) is 5. The van der Waals surface area contributed by atoms with E-state index in [1.807, 2.05) is 0 Å². The SMILES string of the molecule is COc1ccccc1S(=O)(=O)C(=[N+]=[N-])S(=O)(=O)c1ccccc1. The average molecular weight is 352 g/mol. The van der Waals surface area contributed by atoms with Gasteiger partial charge in [-0.3, -0.25) is 0 Å². The third kappa shape index (κ3) is 3.02. The first kappa shape index (κ1) is 16.9. The number of ether oxygens (including phenoxy) is 1. The Bertz CT molecular complexity index is 977. The Kier molecular flexibility index (Phi) is 4.65. The summed E-state index contributed by atoms with van der Waals surface area (Å²) in [5, 5.41) is 0. The van der Waals surface area contributed by atoms with E-state index in [1.165, 1.54) is 55.6 Å². The lowest BCUT2D eigenvalue weighted by Crippen LogP contribution is -2.26. The molecule has 0 aliphatic heterocycles. The van der Waals surface area contributed by atoms with Crippen molar-refractivity contribution in [3.63, 3.8) is 0 Å². The summed E-state index contributed by atoms with van der Waals surface area (Å²) in [6.07, 6.45) is 0. The fraction of sp³-hybridized carbons (Fsp3) is 0.0714. The molecule has 0 saturated carbocycles. The van der Waals surface area contributed by atoms with Gasteiger partial charge in [0.05, 0.1) is 12.0 Å². The van der Waals surface area contributed by atoms with Crippen LogP contribution in [0, 0.1) is 0 Å². The fourth-order valence-electron chi connectivity index (χ4n) is 1.89. The van der Waals surface area contributed by atoms with E-state index in [0.717, 1.165) is 0 Å². The monoisotopic (exact) mass is 352 g/mol. The normalized spacial score (nSPS) is 11.5. The van der Waals surface area contributed by atoms with E-state index < -0.39 is 28.9 Å². The van der Waals surface area contributed by atoms with Crippen LogP contribution in [-0.2, 0) is 19.7 Å². The molecule has 0 saturated heterocycles. The lowest BCUT2D eigenvalue weighted by atomic mass is 10.3. The highest BCUT2D eigenvalue weighted by atomic mass is 32.3. The molecule has 0 fully saturated rings. The van der Waals surface area contributed by atoms with Crippen molar-refractivity contribution in [1.29, 1.82) is 0 Å². The maximum absolute atomic E-state index is 12.6. The van der Waals surface area contributed by atoms with Crippen LogP contribution in [0.5, 0.6) is 5.75 Å². The first-order chi connectivity index (χ1) is 10.9. The van der Waals surface area contributed by atoms with E-state index in [9.17, 15) is 16.8 Å². The second kappa shape index (κ2) is 6.33. The molecule has 9 heteroatoms. The third-order valence-corrected chi connectivity index (χ3v) is 7.16. The van der Waals surface area contributed by atoms with Crippen LogP contribution in [0.3, 0.4) is 0 Å². The van der Waals surface area contributed by atoms with Crippen LogP contribution in [-0.4, -0.2) is 33.1 Å². The number of nitrogens with zero attached hydrogens (tertiary/aromatic N) is 2. The molecule has 23 heavy (non-hydrogen) atoms. The molecule has 2 aromatic rings. The van der Waals surface area contributed by atoms with Gasteiger partial charge in [0.25, 0.3) is 19.7 Å². The molecule has 0 radical (unpaired) electrons. The number of benzene rings is 2. The van der Waals surface area contributed by atoms with Crippen molar-refractivity contribution >= 4 is 24.1 Å². The molecule has 2 aromatic carbocycles. The number of sulfone groups is 2. The van der Waals surface area contributed by atoms with Crippen LogP contribution in [0.1, 0.15) is 0 Å². The molecule has 0 unspecified atom stereocenters. The molecule has 0 aliphatic carbocycles. The Hall–Kier alpha value is -2.48. The lowest BCUT2D eigenvalue weighted by molar-refractivity contribution is 0.00379. The Morgan fingerprint density at radius 1 is 0.913 bits per heavy atom. The van der Waals surface area contributed by atoms with Crippen LogP contribution in [0.2, 0.25) is 0 Å². The van der Waals surface area contributed by atoms with Crippen LogP contribution in [0.15, 0.2) is 64.4 Å². The van der Waals surface area contributed by atoms with Crippen LogP contribution in [0.4, 0.5) is 0 Å². The minimum Gasteiger partial charge on any atom is -0.495 e. The van der Waals surface area contributed by atoms with Crippen molar-refractivity contribution in [2.45, 2.75) is 9.79 Å². The quantitative estimate of drug-likeness (QED) is 0.360. The minimum atomic E-state index is -4.61. The summed E-state index contributed by atoms with van der Waals surface area (Å²) < 4.78 is 53.7. The lowest BCUT2D eigenvalue weighted by Gasteiger charge is -2.06. The zero-order valence-corrected chi connectivity index (χ0v) is 13.6. The topological polar surface area (TPSA) is 114 Å². The zero-order chi connectivity index (χ0) is 17.1. The molecule has 0 amide bonds. The van der Waals surface area contributed by atoms with Crippen LogP contribution in [0.25, 0.3) is 5.53 Å². The van der Waals surface area contributed by atoms with Crippen molar-refractivity contribution in [1.82, 2.24) is 0 Å². The van der Waals surface area contributed by atoms with Crippen molar-refractivity contribution in [3.05, 3.63) is 60.1 Å². The van der Waals surface area contributed by atoms with Gasteiger partial charge in [0.2, 0.25) is 0 Å². The maximum atomic E-state index is 12.6. The van der Waals surface area contributed by atoms with Crippen molar-refractivity contribution in [2.24, 2.45) is 0 Å². The molecule has 0 aliphatic rings. The van der Waals surface area contributed by atoms with Crippen molar-refractivity contribution in [2.75, 3.05) is 7.11 Å². The highest BCUT2D eigenvalue weighted by Gasteiger charge is 2.45. The number of para-hydroxylation sites is 1. The summed E-state index contributed by atoms with van der Waals surface area (Å²) >= 11 is 0. The highest BCUT2D eigenvalue weighted by Crippen LogP contribution is 2.27. The van der Waals surface area contributed by atoms with Crippen LogP contribution >= 0.6 is 0 Å². The molecule has 0 atom stereocenters. The molecule has 0 aromatic heterocycles. The van der Waals surface area contributed by atoms with Gasteiger partial charge in [-0.05, 0) is 24.3 Å². The predicted molar refractivity (Wildman–Crippen MR) is 82.4 cm³/mol. The molecule has 0 heterocycles. The van der Waals surface area contributed by atoms with Crippen molar-refractivity contribution < 1.29 is 26.4 Å². The molecule has 2 rings (SSSR count). The molecule has 7 nitrogen and oxygen atoms in total. The minimum absolute atomic E-state index is 0.0584. The molecule has 0 spiro atoms. The second-order valence-corrected chi connectivity index (χ2v) is 8.29. The molecular formula is C14H12N2O5S2. The predicted octanol–water partition coefficient (Wildman–Crippen LogP) is 1.53. The zero-order valence-electron chi connectivity index (χ0n) is 11.9. The van der Waals surface area contributed by atoms with Crippen LogP contribution < -0.4 is 4.74 Å². The summed E-state index contributed by atoms with van der Waals surface area (Å²) in [7, 11) is -7.89. The van der Waals surface area contributed by atoms with Gasteiger partial charge in [0.1, 0.15) is 10.6 Å². The molecule has 0 N–H and O–H groups in total. The number of methoxy groups -OCH3 is 1. The number of rotatable bonds is 3. The highest BCUT2D eigenvalue weighted by molar-refractivity contribution is 8.31. The summed E-state index contributed by atoms with van der Waals surface area (Å²) in [6, 6.07) is 12.3. The first-order valence-electron chi connectivity index (χ1n) is 6.26. The Labute approximate surface area is 133 Å². The van der Waals surface area contributed by atoms with E-state index in [1.54, 1.807) is 6.07 Å². The van der Waals surface area contributed by atoms with Gasteiger partial charge < -0.3 is 10.3 Å². The van der Waals surface area contributed by atoms with Gasteiger partial charge in [-0.2, -0.15) is 0 Å². The van der Waals surface area contributed by atoms with E-state index in [4.69, 9.17) is 10.3 Å². The molecule has 0 bridgehead atoms. The summed E-state index contributed by atoms with van der Waals surface area (Å²) in [4.78, 5) is 1.84. The van der Waals surface area contributed by atoms with Gasteiger partial charge in [-0.15, -0.1) is 4.79 Å². The Balaban J connectivity index is 2.69. The number of hydrogen-bond donors (Lipinski definition) is 0. The molecular weight excluding hydrogens is 340 g/mol. The van der Waals surface area contributed by atoms with Crippen molar-refractivity contribution in [3.8, 4) is 5.75 Å². The van der Waals surface area contributed by atoms with Gasteiger partial charge in [-0.25, -0.2) is 16.8 Å². The van der Waals surface area contributed by atoms with Gasteiger partial charge in [0.15, 0.2) is 0 Å². The summed E-state index contributed by atoms with van der Waals surface area (Å²) in [5.74, 6) is -0.0584. The Morgan fingerprint density at radius 3 is 2.04 bits per heavy atom. The van der Waals surface area contributed by atoms with E-state index in [0.29, 0.717) is 0 Å². The average Bonchev–Trinajstić information content (AvgIpc) is 2.55. The largest absolute Gasteiger partial charge is 0.504 e. The van der Waals surface area contributed by atoms with Gasteiger partial charge in [0, 0.05) is 0 Å². The Morgan fingerprint density at radius 2 is 1.48 bits per heavy atom. The standard InChI is InChI=1S/C14H12N2O5S2/c1-21-12-9-5-6-10-13(12)23(19,20)14(16-15)22(17,18)11-7-3-2-4-8-11/h2-10H,1H3. The second-order valence-electron chi connectivity index (χ2n) is 4.34. The van der Waals surface area contributed by atoms with E-state index in [-0.39, 0.29) is 10.6 Å². The van der Waals surface area contributed by atoms with Gasteiger partial charge in [-0.1, -0.05) is 30.3 Å². The van der Waals surface area contributed by atoms with Gasteiger partial charge >= 0.3 is 4.38 Å². The first-order valence-corrected chi connectivity index (χ1v) is 9.22. The third-order valence-electron chi connectivity index (χ3n) is 2.95. The smallest absolute Gasteiger partial charge is 0.495 e. The molecule has 120 valence electrons. The maximum Gasteiger partial charge on any atom is 0.504 e. The van der Waals surface area contributed by atoms with E-state index >= 15 is 0 Å². The fourth-order valence-corrected chi connectivity index (χ4v) is 5.39. The van der Waals surface area contributed by atoms with E-state index in [2.05, 4.69) is 4.79 Å².